The first-order valence-electron chi connectivity index (χ1n) is 4.63. The predicted octanol–water partition coefficient (Wildman–Crippen LogP) is 2.39. The number of non-ortho nitro benzene ring substituents is 1. The highest BCUT2D eigenvalue weighted by Gasteiger charge is 2.06. The molecule has 1 rings (SSSR count). The Kier molecular flexibility index (Phi) is 6.02. The lowest BCUT2D eigenvalue weighted by molar-refractivity contribution is -0.384. The summed E-state index contributed by atoms with van der Waals surface area (Å²) in [5, 5.41) is 10.2. The van der Waals surface area contributed by atoms with Gasteiger partial charge in [0.25, 0.3) is 5.69 Å². The fourth-order valence-electron chi connectivity index (χ4n) is 0.887. The SMILES string of the molecule is CC.[B]CC(=O)c1ccc([N+](=O)[O-])cc1. The molecule has 1 aromatic rings. The number of hydrogen-bond acceptors (Lipinski definition) is 3. The fraction of sp³-hybridized carbons (Fsp3) is 0.300. The molecule has 0 fully saturated rings. The van der Waals surface area contributed by atoms with Gasteiger partial charge in [-0.2, -0.15) is 0 Å². The molecular weight excluding hydrogens is 193 g/mol. The van der Waals surface area contributed by atoms with Gasteiger partial charge in [-0.15, -0.1) is 0 Å². The van der Waals surface area contributed by atoms with Gasteiger partial charge in [0.05, 0.1) is 12.8 Å². The van der Waals surface area contributed by atoms with Crippen molar-refractivity contribution >= 4 is 19.3 Å². The van der Waals surface area contributed by atoms with E-state index < -0.39 is 4.92 Å². The maximum absolute atomic E-state index is 11.0. The topological polar surface area (TPSA) is 60.2 Å². The number of nitro groups is 1. The summed E-state index contributed by atoms with van der Waals surface area (Å²) in [4.78, 5) is 20.7. The van der Waals surface area contributed by atoms with Crippen molar-refractivity contribution in [2.75, 3.05) is 0 Å². The van der Waals surface area contributed by atoms with Crippen LogP contribution in [0.1, 0.15) is 24.2 Å². The molecule has 1 aromatic carbocycles. The van der Waals surface area contributed by atoms with E-state index >= 15 is 0 Å². The summed E-state index contributed by atoms with van der Waals surface area (Å²) in [7, 11) is 5.12. The smallest absolute Gasteiger partial charge is 0.269 e. The zero-order valence-electron chi connectivity index (χ0n) is 8.77. The molecule has 0 unspecified atom stereocenters. The van der Waals surface area contributed by atoms with Gasteiger partial charge in [-0.1, -0.05) is 13.8 Å². The number of nitrogens with zero attached hydrogens (tertiary/aromatic N) is 1. The number of hydrogen-bond donors (Lipinski definition) is 0. The summed E-state index contributed by atoms with van der Waals surface area (Å²) in [5.74, 6) is -0.227. The summed E-state index contributed by atoms with van der Waals surface area (Å²) < 4.78 is 0. The minimum Gasteiger partial charge on any atom is -0.295 e. The van der Waals surface area contributed by atoms with Crippen molar-refractivity contribution < 1.29 is 9.72 Å². The normalized spacial score (nSPS) is 8.67. The van der Waals surface area contributed by atoms with Crippen LogP contribution in [0.25, 0.3) is 0 Å². The number of rotatable bonds is 3. The van der Waals surface area contributed by atoms with Gasteiger partial charge in [0.2, 0.25) is 0 Å². The van der Waals surface area contributed by atoms with E-state index in [1.165, 1.54) is 24.3 Å². The highest BCUT2D eigenvalue weighted by molar-refractivity contribution is 6.23. The van der Waals surface area contributed by atoms with Crippen molar-refractivity contribution in [1.82, 2.24) is 0 Å². The molecule has 78 valence electrons. The molecule has 0 spiro atoms. The van der Waals surface area contributed by atoms with Gasteiger partial charge in [0, 0.05) is 17.7 Å². The molecule has 0 heterocycles. The zero-order chi connectivity index (χ0) is 11.8. The average molecular weight is 205 g/mol. The van der Waals surface area contributed by atoms with E-state index in [1.54, 1.807) is 0 Å². The Hall–Kier alpha value is -1.65. The molecule has 2 radical (unpaired) electrons. The van der Waals surface area contributed by atoms with Crippen molar-refractivity contribution in [3.8, 4) is 0 Å². The Bertz CT molecular complexity index is 335. The largest absolute Gasteiger partial charge is 0.295 e. The fourth-order valence-corrected chi connectivity index (χ4v) is 0.887. The van der Waals surface area contributed by atoms with Crippen LogP contribution in [0.2, 0.25) is 6.32 Å². The van der Waals surface area contributed by atoms with Gasteiger partial charge in [0.1, 0.15) is 0 Å². The van der Waals surface area contributed by atoms with Crippen molar-refractivity contribution in [3.05, 3.63) is 39.9 Å². The molecule has 0 N–H and O–H groups in total. The second kappa shape index (κ2) is 6.76. The lowest BCUT2D eigenvalue weighted by Crippen LogP contribution is -1.97. The summed E-state index contributed by atoms with van der Waals surface area (Å²) in [6, 6.07) is 5.35. The molecule has 0 aliphatic carbocycles. The van der Waals surface area contributed by atoms with E-state index in [1.807, 2.05) is 13.8 Å². The van der Waals surface area contributed by atoms with E-state index in [0.29, 0.717) is 5.56 Å². The highest BCUT2D eigenvalue weighted by atomic mass is 16.6. The number of benzene rings is 1. The van der Waals surface area contributed by atoms with Crippen LogP contribution in [0, 0.1) is 10.1 Å². The first kappa shape index (κ1) is 13.4. The first-order valence-corrected chi connectivity index (χ1v) is 4.63. The quantitative estimate of drug-likeness (QED) is 0.329. The molecule has 5 heteroatoms. The highest BCUT2D eigenvalue weighted by Crippen LogP contribution is 2.12. The van der Waals surface area contributed by atoms with Crippen LogP contribution in [0.15, 0.2) is 24.3 Å². The molecule has 0 amide bonds. The third-order valence-electron chi connectivity index (χ3n) is 1.59. The van der Waals surface area contributed by atoms with Crippen molar-refractivity contribution in [2.24, 2.45) is 0 Å². The predicted molar refractivity (Wildman–Crippen MR) is 59.3 cm³/mol. The Morgan fingerprint density at radius 1 is 1.33 bits per heavy atom. The van der Waals surface area contributed by atoms with E-state index in [4.69, 9.17) is 7.85 Å². The lowest BCUT2D eigenvalue weighted by atomic mass is 9.96. The third-order valence-corrected chi connectivity index (χ3v) is 1.59. The standard InChI is InChI=1S/C8H6BNO3.C2H6/c9-5-8(11)6-1-3-7(4-2-6)10(12)13;1-2/h1-4H,5H2;1-2H3. The average Bonchev–Trinajstić information content (AvgIpc) is 2.31. The van der Waals surface area contributed by atoms with Gasteiger partial charge in [-0.3, -0.25) is 14.9 Å². The van der Waals surface area contributed by atoms with Gasteiger partial charge < -0.3 is 0 Å². The van der Waals surface area contributed by atoms with Crippen LogP contribution in [0.4, 0.5) is 5.69 Å². The van der Waals surface area contributed by atoms with Crippen LogP contribution < -0.4 is 0 Å². The van der Waals surface area contributed by atoms with Crippen LogP contribution >= 0.6 is 0 Å². The Balaban J connectivity index is 0.000000921. The Morgan fingerprint density at radius 2 is 1.80 bits per heavy atom. The van der Waals surface area contributed by atoms with E-state index in [-0.39, 0.29) is 17.8 Å². The number of carbonyl (C=O) groups is 1. The maximum Gasteiger partial charge on any atom is 0.269 e. The molecule has 0 saturated carbocycles. The molecule has 0 saturated heterocycles. The first-order chi connectivity index (χ1) is 7.15. The third kappa shape index (κ3) is 3.93. The number of Topliss-reactive ketones (excluding diaryl/α,β-unsaturated/α-hetero) is 1. The molecule has 0 bridgehead atoms. The number of ketones is 1. The summed E-state index contributed by atoms with van der Waals surface area (Å²) in [6.07, 6.45) is -0.0855. The zero-order valence-corrected chi connectivity index (χ0v) is 8.77. The molecule has 15 heavy (non-hydrogen) atoms. The summed E-state index contributed by atoms with van der Waals surface area (Å²) in [5.41, 5.74) is 0.363. The molecular formula is C10H12BNO3. The summed E-state index contributed by atoms with van der Waals surface area (Å²) in [6.45, 7) is 4.00. The second-order valence-electron chi connectivity index (χ2n) is 2.43. The van der Waals surface area contributed by atoms with Crippen LogP contribution in [-0.2, 0) is 0 Å². The van der Waals surface area contributed by atoms with E-state index in [2.05, 4.69) is 0 Å². The van der Waals surface area contributed by atoms with Crippen LogP contribution in [-0.4, -0.2) is 18.6 Å². The van der Waals surface area contributed by atoms with Crippen molar-refractivity contribution in [1.29, 1.82) is 0 Å². The number of nitro benzene ring substituents is 1. The second-order valence-corrected chi connectivity index (χ2v) is 2.43. The van der Waals surface area contributed by atoms with Gasteiger partial charge in [0.15, 0.2) is 5.78 Å². The van der Waals surface area contributed by atoms with E-state index in [0.717, 1.165) is 0 Å². The molecule has 0 aliphatic rings. The molecule has 0 atom stereocenters. The Labute approximate surface area is 89.9 Å². The molecule has 0 aromatic heterocycles. The van der Waals surface area contributed by atoms with E-state index in [9.17, 15) is 14.9 Å². The molecule has 0 aliphatic heterocycles. The van der Waals surface area contributed by atoms with Gasteiger partial charge in [-0.25, -0.2) is 0 Å². The lowest BCUT2D eigenvalue weighted by Gasteiger charge is -1.96. The molecule has 4 nitrogen and oxygen atoms in total. The monoisotopic (exact) mass is 205 g/mol. The van der Waals surface area contributed by atoms with Gasteiger partial charge in [-0.05, 0) is 18.5 Å². The van der Waals surface area contributed by atoms with Gasteiger partial charge >= 0.3 is 0 Å². The van der Waals surface area contributed by atoms with Crippen molar-refractivity contribution in [3.63, 3.8) is 0 Å². The minimum absolute atomic E-state index is 0.0337. The summed E-state index contributed by atoms with van der Waals surface area (Å²) >= 11 is 0. The van der Waals surface area contributed by atoms with Crippen molar-refractivity contribution in [2.45, 2.75) is 20.2 Å². The van der Waals surface area contributed by atoms with Crippen LogP contribution in [0.3, 0.4) is 0 Å². The number of carbonyl (C=O) groups excluding carboxylic acids is 1. The Morgan fingerprint density at radius 3 is 2.13 bits per heavy atom. The van der Waals surface area contributed by atoms with Crippen LogP contribution in [0.5, 0.6) is 0 Å². The maximum atomic E-state index is 11.0. The minimum atomic E-state index is -0.517.